The molecule has 0 saturated carbocycles. The van der Waals surface area contributed by atoms with Gasteiger partial charge in [0.1, 0.15) is 5.82 Å². The van der Waals surface area contributed by atoms with Crippen LogP contribution in [0.2, 0.25) is 5.02 Å². The van der Waals surface area contributed by atoms with Crippen LogP contribution in [0, 0.1) is 6.92 Å². The Balaban J connectivity index is 2.27. The summed E-state index contributed by atoms with van der Waals surface area (Å²) >= 11 is 5.87. The van der Waals surface area contributed by atoms with Crippen LogP contribution in [0.1, 0.15) is 16.1 Å². The molecule has 18 heavy (non-hydrogen) atoms. The number of para-hydroxylation sites is 1. The lowest BCUT2D eigenvalue weighted by Crippen LogP contribution is -2.16. The minimum Gasteiger partial charge on any atom is -0.397 e. The summed E-state index contributed by atoms with van der Waals surface area (Å²) in [5.41, 5.74) is 7.21. The van der Waals surface area contributed by atoms with Crippen molar-refractivity contribution >= 4 is 29.0 Å². The highest BCUT2D eigenvalue weighted by molar-refractivity contribution is 6.34. The van der Waals surface area contributed by atoms with Crippen molar-refractivity contribution in [3.8, 4) is 0 Å². The van der Waals surface area contributed by atoms with Gasteiger partial charge >= 0.3 is 0 Å². The summed E-state index contributed by atoms with van der Waals surface area (Å²) in [4.78, 5) is 12.1. The fraction of sp³-hybridized carbons (Fsp3) is 0.167. The molecule has 0 fully saturated rings. The molecule has 0 bridgehead atoms. The van der Waals surface area contributed by atoms with E-state index in [9.17, 15) is 4.79 Å². The Labute approximate surface area is 110 Å². The molecule has 2 rings (SSSR count). The van der Waals surface area contributed by atoms with Crippen molar-refractivity contribution in [2.45, 2.75) is 6.92 Å². The number of carbonyl (C=O) groups excluding carboxylic acids is 1. The van der Waals surface area contributed by atoms with E-state index in [-0.39, 0.29) is 11.6 Å². The molecule has 0 radical (unpaired) electrons. The van der Waals surface area contributed by atoms with Crippen molar-refractivity contribution < 1.29 is 4.79 Å². The third kappa shape index (κ3) is 2.31. The number of hydrogen-bond donors (Lipinski definition) is 2. The standard InChI is InChI=1S/C12H13ClN4O/c1-7-6-10(17(2)16-7)15-12(18)8-4-3-5-9(13)11(8)14/h3-6H,14H2,1-2H3,(H,15,18). The summed E-state index contributed by atoms with van der Waals surface area (Å²) in [6, 6.07) is 6.72. The number of amides is 1. The number of carbonyl (C=O) groups is 1. The lowest BCUT2D eigenvalue weighted by Gasteiger charge is -2.08. The maximum atomic E-state index is 12.1. The topological polar surface area (TPSA) is 72.9 Å². The summed E-state index contributed by atoms with van der Waals surface area (Å²) < 4.78 is 1.59. The Morgan fingerprint density at radius 2 is 2.22 bits per heavy atom. The Morgan fingerprint density at radius 1 is 1.50 bits per heavy atom. The molecule has 0 aliphatic rings. The molecule has 94 valence electrons. The molecule has 5 nitrogen and oxygen atoms in total. The van der Waals surface area contributed by atoms with E-state index in [1.54, 1.807) is 36.0 Å². The third-order valence-electron chi connectivity index (χ3n) is 2.54. The summed E-state index contributed by atoms with van der Waals surface area (Å²) in [5, 5.41) is 7.25. The first-order valence-electron chi connectivity index (χ1n) is 5.35. The molecule has 0 unspecified atom stereocenters. The normalized spacial score (nSPS) is 10.4. The second-order valence-electron chi connectivity index (χ2n) is 3.95. The van der Waals surface area contributed by atoms with E-state index in [0.717, 1.165) is 5.69 Å². The van der Waals surface area contributed by atoms with Crippen LogP contribution in [0.4, 0.5) is 11.5 Å². The van der Waals surface area contributed by atoms with E-state index >= 15 is 0 Å². The van der Waals surface area contributed by atoms with Gasteiger partial charge in [0.2, 0.25) is 0 Å². The van der Waals surface area contributed by atoms with Crippen LogP contribution in [0.25, 0.3) is 0 Å². The number of nitrogen functional groups attached to an aromatic ring is 1. The SMILES string of the molecule is Cc1cc(NC(=O)c2cccc(Cl)c2N)n(C)n1. The van der Waals surface area contributed by atoms with Gasteiger partial charge in [-0.15, -0.1) is 0 Å². The van der Waals surface area contributed by atoms with E-state index in [1.165, 1.54) is 0 Å². The number of aryl methyl sites for hydroxylation is 2. The fourth-order valence-electron chi connectivity index (χ4n) is 1.65. The zero-order valence-corrected chi connectivity index (χ0v) is 10.8. The molecule has 0 atom stereocenters. The number of aromatic nitrogens is 2. The molecule has 2 aromatic rings. The molecule has 1 aromatic heterocycles. The number of nitrogens with one attached hydrogen (secondary N) is 1. The molecule has 6 heteroatoms. The maximum Gasteiger partial charge on any atom is 0.258 e. The maximum absolute atomic E-state index is 12.1. The van der Waals surface area contributed by atoms with Gasteiger partial charge in [0.05, 0.1) is 22.0 Å². The largest absolute Gasteiger partial charge is 0.397 e. The predicted molar refractivity (Wildman–Crippen MR) is 71.8 cm³/mol. The minimum atomic E-state index is -0.307. The summed E-state index contributed by atoms with van der Waals surface area (Å²) in [7, 11) is 1.75. The lowest BCUT2D eigenvalue weighted by molar-refractivity contribution is 0.102. The molecule has 0 saturated heterocycles. The first-order chi connectivity index (χ1) is 8.49. The van der Waals surface area contributed by atoms with Gasteiger partial charge in [-0.2, -0.15) is 5.10 Å². The number of rotatable bonds is 2. The Hall–Kier alpha value is -2.01. The van der Waals surface area contributed by atoms with Crippen LogP contribution in [0.15, 0.2) is 24.3 Å². The Morgan fingerprint density at radius 3 is 2.83 bits per heavy atom. The van der Waals surface area contributed by atoms with Gasteiger partial charge in [-0.1, -0.05) is 17.7 Å². The number of nitrogens with two attached hydrogens (primary N) is 1. The minimum absolute atomic E-state index is 0.274. The van der Waals surface area contributed by atoms with Crippen molar-refractivity contribution in [1.82, 2.24) is 9.78 Å². The number of nitrogens with zero attached hydrogens (tertiary/aromatic N) is 2. The van der Waals surface area contributed by atoms with E-state index in [2.05, 4.69) is 10.4 Å². The highest BCUT2D eigenvalue weighted by atomic mass is 35.5. The molecular weight excluding hydrogens is 252 g/mol. The highest BCUT2D eigenvalue weighted by Crippen LogP contribution is 2.23. The van der Waals surface area contributed by atoms with Crippen molar-refractivity contribution in [1.29, 1.82) is 0 Å². The number of halogens is 1. The van der Waals surface area contributed by atoms with E-state index in [0.29, 0.717) is 16.4 Å². The fourth-order valence-corrected chi connectivity index (χ4v) is 1.82. The molecule has 0 aliphatic carbocycles. The number of benzene rings is 1. The second kappa shape index (κ2) is 4.70. The van der Waals surface area contributed by atoms with Crippen LogP contribution in [-0.4, -0.2) is 15.7 Å². The summed E-state index contributed by atoms with van der Waals surface area (Å²) in [6.45, 7) is 1.85. The van der Waals surface area contributed by atoms with Crippen molar-refractivity contribution in [3.63, 3.8) is 0 Å². The smallest absolute Gasteiger partial charge is 0.258 e. The van der Waals surface area contributed by atoms with Gasteiger partial charge in [-0.05, 0) is 19.1 Å². The number of hydrogen-bond acceptors (Lipinski definition) is 3. The van der Waals surface area contributed by atoms with Crippen molar-refractivity contribution in [2.75, 3.05) is 11.1 Å². The quantitative estimate of drug-likeness (QED) is 0.817. The van der Waals surface area contributed by atoms with Crippen molar-refractivity contribution in [3.05, 3.63) is 40.5 Å². The zero-order chi connectivity index (χ0) is 13.3. The Kier molecular flexibility index (Phi) is 3.25. The monoisotopic (exact) mass is 264 g/mol. The van der Waals surface area contributed by atoms with Gasteiger partial charge in [0, 0.05) is 13.1 Å². The van der Waals surface area contributed by atoms with Crippen LogP contribution in [0.3, 0.4) is 0 Å². The summed E-state index contributed by atoms with van der Waals surface area (Å²) in [5.74, 6) is 0.301. The molecule has 3 N–H and O–H groups in total. The molecule has 0 aliphatic heterocycles. The molecule has 1 aromatic carbocycles. The van der Waals surface area contributed by atoms with Crippen LogP contribution in [-0.2, 0) is 7.05 Å². The van der Waals surface area contributed by atoms with E-state index in [4.69, 9.17) is 17.3 Å². The van der Waals surface area contributed by atoms with Gasteiger partial charge in [0.25, 0.3) is 5.91 Å². The van der Waals surface area contributed by atoms with E-state index in [1.807, 2.05) is 6.92 Å². The second-order valence-corrected chi connectivity index (χ2v) is 4.36. The number of anilines is 2. The van der Waals surface area contributed by atoms with Gasteiger partial charge in [0.15, 0.2) is 0 Å². The van der Waals surface area contributed by atoms with Gasteiger partial charge < -0.3 is 11.1 Å². The van der Waals surface area contributed by atoms with E-state index < -0.39 is 0 Å². The van der Waals surface area contributed by atoms with Crippen LogP contribution < -0.4 is 11.1 Å². The molecular formula is C12H13ClN4O. The zero-order valence-electron chi connectivity index (χ0n) is 10.1. The molecule has 0 spiro atoms. The highest BCUT2D eigenvalue weighted by Gasteiger charge is 2.13. The average molecular weight is 265 g/mol. The summed E-state index contributed by atoms with van der Waals surface area (Å²) in [6.07, 6.45) is 0. The van der Waals surface area contributed by atoms with Gasteiger partial charge in [-0.25, -0.2) is 0 Å². The predicted octanol–water partition coefficient (Wildman–Crippen LogP) is 2.22. The first-order valence-corrected chi connectivity index (χ1v) is 5.73. The molecule has 1 amide bonds. The first kappa shape index (κ1) is 12.4. The van der Waals surface area contributed by atoms with Crippen LogP contribution in [0.5, 0.6) is 0 Å². The lowest BCUT2D eigenvalue weighted by atomic mass is 10.1. The Bertz CT molecular complexity index is 606. The van der Waals surface area contributed by atoms with Crippen molar-refractivity contribution in [2.24, 2.45) is 7.05 Å². The van der Waals surface area contributed by atoms with Crippen LogP contribution >= 0.6 is 11.6 Å². The van der Waals surface area contributed by atoms with Gasteiger partial charge in [-0.3, -0.25) is 9.48 Å². The average Bonchev–Trinajstić information content (AvgIpc) is 2.61. The molecule has 1 heterocycles. The third-order valence-corrected chi connectivity index (χ3v) is 2.87.